The summed E-state index contributed by atoms with van der Waals surface area (Å²) in [6.45, 7) is 3.32. The van der Waals surface area contributed by atoms with Crippen LogP contribution in [0.15, 0.2) is 0 Å². The summed E-state index contributed by atoms with van der Waals surface area (Å²) in [5.41, 5.74) is 10.7. The number of hydrogen-bond donors (Lipinski definition) is 8. The average Bonchev–Trinajstić information content (AvgIpc) is 2.79. The van der Waals surface area contributed by atoms with E-state index in [4.69, 9.17) is 21.7 Å². The van der Waals surface area contributed by atoms with Crippen molar-refractivity contribution in [1.29, 1.82) is 0 Å². The Labute approximate surface area is 207 Å². The lowest BCUT2D eigenvalue weighted by molar-refractivity contribution is -0.143. The summed E-state index contributed by atoms with van der Waals surface area (Å²) in [4.78, 5) is 82.3. The number of nitrogens with one attached hydrogen (secondary N) is 3. The number of amides is 4. The Morgan fingerprint density at radius 3 is 1.69 bits per heavy atom. The first-order valence-corrected chi connectivity index (χ1v) is 11.3. The van der Waals surface area contributed by atoms with Gasteiger partial charge in [-0.25, -0.2) is 4.79 Å². The summed E-state index contributed by atoms with van der Waals surface area (Å²) < 4.78 is 0. The van der Waals surface area contributed by atoms with Gasteiger partial charge in [0, 0.05) is 19.3 Å². The maximum absolute atomic E-state index is 12.9. The number of carboxylic acids is 3. The zero-order valence-corrected chi connectivity index (χ0v) is 20.2. The molecule has 0 aromatic carbocycles. The summed E-state index contributed by atoms with van der Waals surface area (Å²) in [5.74, 6) is -7.79. The Bertz CT molecular complexity index is 834. The van der Waals surface area contributed by atoms with Crippen molar-refractivity contribution in [2.75, 3.05) is 0 Å². The minimum absolute atomic E-state index is 0.228. The molecule has 0 fully saturated rings. The third-order valence-corrected chi connectivity index (χ3v) is 5.37. The molecular weight excluding hydrogens is 482 g/mol. The van der Waals surface area contributed by atoms with Gasteiger partial charge in [-0.3, -0.25) is 28.8 Å². The maximum Gasteiger partial charge on any atom is 0.326 e. The van der Waals surface area contributed by atoms with Crippen molar-refractivity contribution in [3.05, 3.63) is 0 Å². The zero-order valence-electron chi connectivity index (χ0n) is 20.2. The fraction of sp³-hybridized carbons (Fsp3) is 0.667. The van der Waals surface area contributed by atoms with Gasteiger partial charge in [-0.05, 0) is 25.2 Å². The molecule has 0 aliphatic carbocycles. The van der Waals surface area contributed by atoms with Gasteiger partial charge in [-0.15, -0.1) is 0 Å². The van der Waals surface area contributed by atoms with Crippen molar-refractivity contribution in [3.63, 3.8) is 0 Å². The van der Waals surface area contributed by atoms with Gasteiger partial charge in [-0.1, -0.05) is 20.3 Å². The molecule has 204 valence electrons. The quantitative estimate of drug-likeness (QED) is 0.0974. The van der Waals surface area contributed by atoms with E-state index in [2.05, 4.69) is 16.0 Å². The zero-order chi connectivity index (χ0) is 28.0. The highest BCUT2D eigenvalue weighted by atomic mass is 16.4. The fourth-order valence-electron chi connectivity index (χ4n) is 2.99. The Kier molecular flexibility index (Phi) is 14.4. The van der Waals surface area contributed by atoms with Crippen LogP contribution in [-0.4, -0.2) is 81.0 Å². The van der Waals surface area contributed by atoms with Crippen molar-refractivity contribution in [3.8, 4) is 0 Å². The lowest BCUT2D eigenvalue weighted by Gasteiger charge is -2.28. The molecule has 36 heavy (non-hydrogen) atoms. The van der Waals surface area contributed by atoms with E-state index in [0.29, 0.717) is 6.42 Å². The standard InChI is InChI=1S/C21H35N5O10/c1-3-10(2)17(20(34)25-13(21(35)36)5-7-14(23)27)26-19(33)12(6-9-16(30)31)24-18(32)11(22)4-8-15(28)29/h10-13,17H,3-9,22H2,1-2H3,(H2,23,27)(H,24,32)(H,25,34)(H,26,33)(H,28,29)(H,30,31)(H,35,36). The van der Waals surface area contributed by atoms with Crippen LogP contribution in [0.4, 0.5) is 0 Å². The van der Waals surface area contributed by atoms with Crippen LogP contribution >= 0.6 is 0 Å². The molecule has 0 radical (unpaired) electrons. The topological polar surface area (TPSA) is 268 Å². The monoisotopic (exact) mass is 517 g/mol. The molecule has 10 N–H and O–H groups in total. The molecule has 0 heterocycles. The number of primary amides is 1. The first kappa shape index (κ1) is 32.2. The van der Waals surface area contributed by atoms with Gasteiger partial charge in [0.25, 0.3) is 0 Å². The molecule has 0 bridgehead atoms. The summed E-state index contributed by atoms with van der Waals surface area (Å²) in [5, 5.41) is 34.0. The van der Waals surface area contributed by atoms with Crippen LogP contribution in [0.2, 0.25) is 0 Å². The summed E-state index contributed by atoms with van der Waals surface area (Å²) in [6.07, 6.45) is -1.71. The second-order valence-electron chi connectivity index (χ2n) is 8.31. The summed E-state index contributed by atoms with van der Waals surface area (Å²) >= 11 is 0. The molecule has 15 nitrogen and oxygen atoms in total. The molecule has 5 unspecified atom stereocenters. The average molecular weight is 518 g/mol. The predicted octanol–water partition coefficient (Wildman–Crippen LogP) is -2.11. The molecule has 0 saturated carbocycles. The van der Waals surface area contributed by atoms with Gasteiger partial charge < -0.3 is 42.7 Å². The largest absolute Gasteiger partial charge is 0.481 e. The van der Waals surface area contributed by atoms with Crippen LogP contribution in [0.1, 0.15) is 58.8 Å². The molecule has 0 aliphatic rings. The number of rotatable bonds is 18. The molecular formula is C21H35N5O10. The Morgan fingerprint density at radius 1 is 0.722 bits per heavy atom. The number of carboxylic acid groups (broad SMARTS) is 3. The van der Waals surface area contributed by atoms with Gasteiger partial charge >= 0.3 is 17.9 Å². The first-order chi connectivity index (χ1) is 16.7. The number of carbonyl (C=O) groups is 7. The molecule has 0 spiro atoms. The molecule has 15 heteroatoms. The predicted molar refractivity (Wildman–Crippen MR) is 123 cm³/mol. The molecule has 0 rings (SSSR count). The molecule has 0 saturated heterocycles. The lowest BCUT2D eigenvalue weighted by Crippen LogP contribution is -2.58. The molecule has 0 aromatic rings. The van der Waals surface area contributed by atoms with E-state index in [1.54, 1.807) is 13.8 Å². The SMILES string of the molecule is CCC(C)C(NC(=O)C(CCC(=O)O)NC(=O)C(N)CCC(=O)O)C(=O)NC(CCC(N)=O)C(=O)O. The van der Waals surface area contributed by atoms with Gasteiger partial charge in [0.05, 0.1) is 6.04 Å². The van der Waals surface area contributed by atoms with Gasteiger partial charge in [0.2, 0.25) is 23.6 Å². The molecule has 4 amide bonds. The van der Waals surface area contributed by atoms with E-state index in [9.17, 15) is 38.7 Å². The van der Waals surface area contributed by atoms with Gasteiger partial charge in [0.15, 0.2) is 0 Å². The number of carbonyl (C=O) groups excluding carboxylic acids is 4. The van der Waals surface area contributed by atoms with Crippen LogP contribution in [0.5, 0.6) is 0 Å². The van der Waals surface area contributed by atoms with Crippen LogP contribution in [-0.2, 0) is 33.6 Å². The van der Waals surface area contributed by atoms with Crippen LogP contribution in [0.25, 0.3) is 0 Å². The van der Waals surface area contributed by atoms with E-state index in [1.807, 2.05) is 0 Å². The van der Waals surface area contributed by atoms with Crippen molar-refractivity contribution in [1.82, 2.24) is 16.0 Å². The Morgan fingerprint density at radius 2 is 1.22 bits per heavy atom. The lowest BCUT2D eigenvalue weighted by atomic mass is 9.96. The highest BCUT2D eigenvalue weighted by Gasteiger charge is 2.33. The maximum atomic E-state index is 12.9. The number of aliphatic carboxylic acids is 3. The van der Waals surface area contributed by atoms with E-state index < -0.39 is 84.5 Å². The Hall–Kier alpha value is -3.75. The second kappa shape index (κ2) is 16.0. The third kappa shape index (κ3) is 12.6. The van der Waals surface area contributed by atoms with Crippen LogP contribution in [0, 0.1) is 5.92 Å². The van der Waals surface area contributed by atoms with Crippen molar-refractivity contribution >= 4 is 41.5 Å². The normalized spacial score (nSPS) is 14.9. The minimum Gasteiger partial charge on any atom is -0.481 e. The highest BCUT2D eigenvalue weighted by molar-refractivity contribution is 5.94. The smallest absolute Gasteiger partial charge is 0.326 e. The van der Waals surface area contributed by atoms with Crippen molar-refractivity contribution in [2.45, 2.75) is 83.0 Å². The highest BCUT2D eigenvalue weighted by Crippen LogP contribution is 2.11. The molecule has 0 aliphatic heterocycles. The summed E-state index contributed by atoms with van der Waals surface area (Å²) in [6, 6.07) is -5.42. The number of hydrogen-bond acceptors (Lipinski definition) is 8. The van der Waals surface area contributed by atoms with Crippen LogP contribution < -0.4 is 27.4 Å². The van der Waals surface area contributed by atoms with Gasteiger partial charge in [0.1, 0.15) is 18.1 Å². The third-order valence-electron chi connectivity index (χ3n) is 5.37. The Balaban J connectivity index is 5.61. The number of nitrogens with two attached hydrogens (primary N) is 2. The second-order valence-corrected chi connectivity index (χ2v) is 8.31. The van der Waals surface area contributed by atoms with Crippen molar-refractivity contribution in [2.24, 2.45) is 17.4 Å². The first-order valence-electron chi connectivity index (χ1n) is 11.3. The molecule has 5 atom stereocenters. The van der Waals surface area contributed by atoms with E-state index >= 15 is 0 Å². The van der Waals surface area contributed by atoms with E-state index in [-0.39, 0.29) is 25.7 Å². The minimum atomic E-state index is -1.46. The van der Waals surface area contributed by atoms with Crippen LogP contribution in [0.3, 0.4) is 0 Å². The summed E-state index contributed by atoms with van der Waals surface area (Å²) in [7, 11) is 0. The van der Waals surface area contributed by atoms with Crippen molar-refractivity contribution < 1.29 is 48.9 Å². The molecule has 0 aromatic heterocycles. The van der Waals surface area contributed by atoms with E-state index in [0.717, 1.165) is 0 Å². The van der Waals surface area contributed by atoms with Gasteiger partial charge in [-0.2, -0.15) is 0 Å². The fourth-order valence-corrected chi connectivity index (χ4v) is 2.99. The van der Waals surface area contributed by atoms with E-state index in [1.165, 1.54) is 0 Å².